The lowest BCUT2D eigenvalue weighted by atomic mass is 10.2. The average molecular weight is 322 g/mol. The molecule has 114 valence electrons. The van der Waals surface area contributed by atoms with Crippen molar-refractivity contribution < 1.29 is 4.42 Å². The first-order valence-electron chi connectivity index (χ1n) is 6.52. The van der Waals surface area contributed by atoms with Crippen molar-refractivity contribution in [2.75, 3.05) is 5.88 Å². The van der Waals surface area contributed by atoms with Crippen molar-refractivity contribution in [1.82, 2.24) is 24.3 Å². The van der Waals surface area contributed by atoms with Gasteiger partial charge in [-0.25, -0.2) is 9.78 Å². The second-order valence-electron chi connectivity index (χ2n) is 4.70. The predicted octanol–water partition coefficient (Wildman–Crippen LogP) is 0.537. The molecular weight excluding hydrogens is 310 g/mol. The SMILES string of the molecule is Cc1cncc2ncn(Cc3nn(CCCl)c(=O)o3)c(=O)c12. The molecule has 0 aliphatic rings. The topological polar surface area (TPSA) is 95.8 Å². The van der Waals surface area contributed by atoms with Gasteiger partial charge in [-0.1, -0.05) is 0 Å². The van der Waals surface area contributed by atoms with Gasteiger partial charge in [-0.2, -0.15) is 4.68 Å². The number of hydrogen-bond donors (Lipinski definition) is 0. The first-order chi connectivity index (χ1) is 10.6. The van der Waals surface area contributed by atoms with Crippen molar-refractivity contribution in [3.8, 4) is 0 Å². The Hall–Kier alpha value is -2.48. The molecule has 0 N–H and O–H groups in total. The first-order valence-corrected chi connectivity index (χ1v) is 7.06. The lowest BCUT2D eigenvalue weighted by molar-refractivity contribution is 0.436. The summed E-state index contributed by atoms with van der Waals surface area (Å²) in [6, 6.07) is 0. The number of hydrogen-bond acceptors (Lipinski definition) is 6. The van der Waals surface area contributed by atoms with E-state index in [1.165, 1.54) is 17.1 Å². The third-order valence-corrected chi connectivity index (χ3v) is 3.35. The Balaban J connectivity index is 2.03. The number of alkyl halides is 1. The standard InChI is InChI=1S/C13H12ClN5O3/c1-8-4-15-5-9-11(8)12(20)18(7-16-9)6-10-17-19(3-2-14)13(21)22-10/h4-5,7H,2-3,6H2,1H3. The average Bonchev–Trinajstić information content (AvgIpc) is 2.82. The molecule has 0 amide bonds. The lowest BCUT2D eigenvalue weighted by Crippen LogP contribution is -2.22. The number of aromatic nitrogens is 5. The summed E-state index contributed by atoms with van der Waals surface area (Å²) >= 11 is 5.57. The maximum Gasteiger partial charge on any atom is 0.437 e. The van der Waals surface area contributed by atoms with Gasteiger partial charge in [-0.05, 0) is 12.5 Å². The smallest absolute Gasteiger partial charge is 0.390 e. The maximum absolute atomic E-state index is 12.5. The van der Waals surface area contributed by atoms with E-state index in [1.807, 2.05) is 0 Å². The molecular formula is C13H12ClN5O3. The van der Waals surface area contributed by atoms with Crippen molar-refractivity contribution in [2.24, 2.45) is 0 Å². The van der Waals surface area contributed by atoms with Gasteiger partial charge in [0.25, 0.3) is 5.56 Å². The molecule has 0 radical (unpaired) electrons. The van der Waals surface area contributed by atoms with E-state index in [4.69, 9.17) is 16.0 Å². The van der Waals surface area contributed by atoms with Gasteiger partial charge in [-0.15, -0.1) is 16.7 Å². The van der Waals surface area contributed by atoms with Crippen molar-refractivity contribution in [3.63, 3.8) is 0 Å². The van der Waals surface area contributed by atoms with Crippen LogP contribution >= 0.6 is 11.6 Å². The highest BCUT2D eigenvalue weighted by Crippen LogP contribution is 2.09. The minimum absolute atomic E-state index is 0.0219. The molecule has 0 unspecified atom stereocenters. The van der Waals surface area contributed by atoms with Gasteiger partial charge in [-0.3, -0.25) is 14.3 Å². The molecule has 3 aromatic heterocycles. The molecule has 0 saturated carbocycles. The van der Waals surface area contributed by atoms with Crippen LogP contribution in [0.25, 0.3) is 10.9 Å². The summed E-state index contributed by atoms with van der Waals surface area (Å²) in [4.78, 5) is 32.2. The van der Waals surface area contributed by atoms with E-state index in [1.54, 1.807) is 13.1 Å². The van der Waals surface area contributed by atoms with Gasteiger partial charge >= 0.3 is 5.76 Å². The Kier molecular flexibility index (Phi) is 3.76. The molecule has 0 aromatic carbocycles. The molecule has 3 heterocycles. The zero-order chi connectivity index (χ0) is 15.7. The monoisotopic (exact) mass is 321 g/mol. The number of rotatable bonds is 4. The van der Waals surface area contributed by atoms with Crippen LogP contribution in [0.4, 0.5) is 0 Å². The minimum atomic E-state index is -0.599. The number of nitrogens with zero attached hydrogens (tertiary/aromatic N) is 5. The number of halogens is 1. The second kappa shape index (κ2) is 5.72. The molecule has 9 heteroatoms. The van der Waals surface area contributed by atoms with Gasteiger partial charge in [0.15, 0.2) is 0 Å². The summed E-state index contributed by atoms with van der Waals surface area (Å²) in [6.07, 6.45) is 4.51. The van der Waals surface area contributed by atoms with Crippen LogP contribution in [0.1, 0.15) is 11.5 Å². The molecule has 0 saturated heterocycles. The highest BCUT2D eigenvalue weighted by molar-refractivity contribution is 6.17. The van der Waals surface area contributed by atoms with Crippen LogP contribution in [0.3, 0.4) is 0 Å². The Morgan fingerprint density at radius 3 is 2.91 bits per heavy atom. The highest BCUT2D eigenvalue weighted by atomic mass is 35.5. The molecule has 0 aliphatic carbocycles. The molecule has 22 heavy (non-hydrogen) atoms. The zero-order valence-corrected chi connectivity index (χ0v) is 12.4. The van der Waals surface area contributed by atoms with Crippen molar-refractivity contribution in [2.45, 2.75) is 20.0 Å². The molecule has 0 bridgehead atoms. The fourth-order valence-electron chi connectivity index (χ4n) is 2.15. The van der Waals surface area contributed by atoms with E-state index in [9.17, 15) is 9.59 Å². The van der Waals surface area contributed by atoms with Gasteiger partial charge < -0.3 is 4.42 Å². The van der Waals surface area contributed by atoms with Crippen LogP contribution < -0.4 is 11.3 Å². The van der Waals surface area contributed by atoms with Crippen LogP contribution in [-0.4, -0.2) is 30.2 Å². The summed E-state index contributed by atoms with van der Waals surface area (Å²) in [6.45, 7) is 2.06. The molecule has 0 fully saturated rings. The van der Waals surface area contributed by atoms with E-state index in [-0.39, 0.29) is 30.4 Å². The van der Waals surface area contributed by atoms with E-state index in [0.717, 1.165) is 10.2 Å². The van der Waals surface area contributed by atoms with Gasteiger partial charge in [0, 0.05) is 12.1 Å². The van der Waals surface area contributed by atoms with Gasteiger partial charge in [0.05, 0.1) is 30.0 Å². The first kappa shape index (κ1) is 14.5. The van der Waals surface area contributed by atoms with E-state index in [2.05, 4.69) is 15.1 Å². The summed E-state index contributed by atoms with van der Waals surface area (Å²) in [5, 5.41) is 4.48. The molecule has 0 spiro atoms. The van der Waals surface area contributed by atoms with Crippen LogP contribution in [-0.2, 0) is 13.1 Å². The fourth-order valence-corrected chi connectivity index (χ4v) is 2.31. The second-order valence-corrected chi connectivity index (χ2v) is 5.08. The summed E-state index contributed by atoms with van der Waals surface area (Å²) in [7, 11) is 0. The van der Waals surface area contributed by atoms with Crippen LogP contribution in [0, 0.1) is 6.92 Å². The van der Waals surface area contributed by atoms with E-state index in [0.29, 0.717) is 10.9 Å². The zero-order valence-electron chi connectivity index (χ0n) is 11.7. The quantitative estimate of drug-likeness (QED) is 0.651. The Morgan fingerprint density at radius 1 is 1.32 bits per heavy atom. The highest BCUT2D eigenvalue weighted by Gasteiger charge is 2.12. The predicted molar refractivity (Wildman–Crippen MR) is 79.1 cm³/mol. The largest absolute Gasteiger partial charge is 0.437 e. The van der Waals surface area contributed by atoms with Crippen molar-refractivity contribution in [1.29, 1.82) is 0 Å². The van der Waals surface area contributed by atoms with Crippen LogP contribution in [0.2, 0.25) is 0 Å². The van der Waals surface area contributed by atoms with Crippen LogP contribution in [0.5, 0.6) is 0 Å². The molecule has 0 aliphatic heterocycles. The van der Waals surface area contributed by atoms with Gasteiger partial charge in [0.1, 0.15) is 6.54 Å². The Bertz CT molecular complexity index is 943. The third-order valence-electron chi connectivity index (χ3n) is 3.18. The van der Waals surface area contributed by atoms with Crippen molar-refractivity contribution >= 4 is 22.5 Å². The number of aryl methyl sites for hydroxylation is 2. The Labute approximate surface area is 129 Å². The summed E-state index contributed by atoms with van der Waals surface area (Å²) in [5.74, 6) is -0.224. The lowest BCUT2D eigenvalue weighted by Gasteiger charge is -2.05. The van der Waals surface area contributed by atoms with Gasteiger partial charge in [0.2, 0.25) is 5.89 Å². The molecule has 3 rings (SSSR count). The third kappa shape index (κ3) is 2.52. The summed E-state index contributed by atoms with van der Waals surface area (Å²) < 4.78 is 7.47. The Morgan fingerprint density at radius 2 is 2.14 bits per heavy atom. The fraction of sp³-hybridized carbons (Fsp3) is 0.308. The van der Waals surface area contributed by atoms with E-state index >= 15 is 0 Å². The minimum Gasteiger partial charge on any atom is -0.390 e. The molecule has 8 nitrogen and oxygen atoms in total. The molecule has 0 atom stereocenters. The van der Waals surface area contributed by atoms with Crippen LogP contribution in [0.15, 0.2) is 32.7 Å². The molecule has 3 aromatic rings. The van der Waals surface area contributed by atoms with Crippen molar-refractivity contribution in [3.05, 3.63) is 51.1 Å². The number of pyridine rings is 1. The number of fused-ring (bicyclic) bond motifs is 1. The maximum atomic E-state index is 12.5. The normalized spacial score (nSPS) is 11.2. The summed E-state index contributed by atoms with van der Waals surface area (Å²) in [5.41, 5.74) is 1.02. The van der Waals surface area contributed by atoms with E-state index < -0.39 is 5.76 Å².